The molecule has 0 unspecified atom stereocenters. The molecule has 2 N–H and O–H groups in total. The Morgan fingerprint density at radius 1 is 1.23 bits per heavy atom. The molecule has 9 heteroatoms. The highest BCUT2D eigenvalue weighted by Gasteiger charge is 2.15. The molecule has 0 saturated carbocycles. The molecule has 0 bridgehead atoms. The summed E-state index contributed by atoms with van der Waals surface area (Å²) >= 11 is 11.6. The van der Waals surface area contributed by atoms with Gasteiger partial charge in [0.1, 0.15) is 5.82 Å². The number of halogens is 3. The molecule has 0 aliphatic carbocycles. The van der Waals surface area contributed by atoms with Crippen LogP contribution in [-0.4, -0.2) is 15.5 Å². The van der Waals surface area contributed by atoms with Crippen LogP contribution in [0.5, 0.6) is 0 Å². The van der Waals surface area contributed by atoms with E-state index in [-0.39, 0.29) is 27.1 Å². The van der Waals surface area contributed by atoms with Gasteiger partial charge in [-0.25, -0.2) is 9.37 Å². The van der Waals surface area contributed by atoms with Crippen molar-refractivity contribution in [1.29, 1.82) is 0 Å². The number of fused-ring (bicyclic) bond motifs is 1. The van der Waals surface area contributed by atoms with Crippen molar-refractivity contribution in [3.8, 4) is 0 Å². The lowest BCUT2D eigenvalue weighted by Gasteiger charge is -2.14. The average Bonchev–Trinajstić information content (AvgIpc) is 2.63. The van der Waals surface area contributed by atoms with Gasteiger partial charge in [0.25, 0.3) is 11.5 Å². The fraction of sp³-hybridized carbons (Fsp3) is 0.118. The summed E-state index contributed by atoms with van der Waals surface area (Å²) in [5.74, 6) is -1.32. The monoisotopic (exact) mass is 394 g/mol. The van der Waals surface area contributed by atoms with Crippen molar-refractivity contribution >= 4 is 46.0 Å². The number of anilines is 1. The summed E-state index contributed by atoms with van der Waals surface area (Å²) in [4.78, 5) is 29.1. The van der Waals surface area contributed by atoms with E-state index in [2.05, 4.69) is 15.8 Å². The molecule has 0 spiro atoms. The molecule has 1 heterocycles. The number of benzene rings is 2. The molecule has 0 atom stereocenters. The van der Waals surface area contributed by atoms with Crippen LogP contribution in [0.2, 0.25) is 10.0 Å². The van der Waals surface area contributed by atoms with Gasteiger partial charge in [0.05, 0.1) is 26.5 Å². The first-order chi connectivity index (χ1) is 12.4. The predicted octanol–water partition coefficient (Wildman–Crippen LogP) is 3.62. The van der Waals surface area contributed by atoms with Gasteiger partial charge in [-0.05, 0) is 31.2 Å². The van der Waals surface area contributed by atoms with Crippen molar-refractivity contribution < 1.29 is 9.18 Å². The van der Waals surface area contributed by atoms with Gasteiger partial charge in [-0.3, -0.25) is 25.0 Å². The predicted molar refractivity (Wildman–Crippen MR) is 99.2 cm³/mol. The number of amides is 1. The Bertz CT molecular complexity index is 1070. The van der Waals surface area contributed by atoms with E-state index in [0.29, 0.717) is 17.4 Å². The Hall–Kier alpha value is -2.64. The molecule has 0 saturated heterocycles. The Kier molecular flexibility index (Phi) is 5.11. The highest BCUT2D eigenvalue weighted by atomic mass is 35.5. The third kappa shape index (κ3) is 3.36. The van der Waals surface area contributed by atoms with Crippen LogP contribution in [0.25, 0.3) is 10.9 Å². The minimum atomic E-state index is -0.768. The number of aromatic nitrogens is 2. The molecule has 0 aliphatic heterocycles. The molecular formula is C17H13Cl2FN4O2. The van der Waals surface area contributed by atoms with Crippen LogP contribution in [0.4, 0.5) is 10.3 Å². The average molecular weight is 395 g/mol. The summed E-state index contributed by atoms with van der Waals surface area (Å²) in [5.41, 5.74) is 5.09. The van der Waals surface area contributed by atoms with E-state index in [9.17, 15) is 14.0 Å². The maximum Gasteiger partial charge on any atom is 0.271 e. The molecule has 1 aromatic heterocycles. The molecule has 3 aromatic rings. The third-order valence-corrected chi connectivity index (χ3v) is 4.32. The van der Waals surface area contributed by atoms with E-state index in [0.717, 1.165) is 12.1 Å². The smallest absolute Gasteiger partial charge is 0.271 e. The fourth-order valence-electron chi connectivity index (χ4n) is 2.43. The number of hydrazine groups is 1. The van der Waals surface area contributed by atoms with Gasteiger partial charge in [-0.1, -0.05) is 35.3 Å². The molecule has 6 nitrogen and oxygen atoms in total. The van der Waals surface area contributed by atoms with Gasteiger partial charge in [0, 0.05) is 6.54 Å². The number of nitrogens with one attached hydrogen (secondary N) is 2. The number of para-hydroxylation sites is 1. The van der Waals surface area contributed by atoms with Crippen LogP contribution in [-0.2, 0) is 6.54 Å². The Balaban J connectivity index is 1.91. The van der Waals surface area contributed by atoms with E-state index < -0.39 is 11.7 Å². The van der Waals surface area contributed by atoms with Gasteiger partial charge < -0.3 is 0 Å². The SMILES string of the molecule is CCn1c(NNC(=O)c2cc(F)c(Cl)cc2Cl)nc2ccccc2c1=O. The number of hydrogen-bond donors (Lipinski definition) is 2. The summed E-state index contributed by atoms with van der Waals surface area (Å²) in [5, 5.41) is 0.277. The van der Waals surface area contributed by atoms with Gasteiger partial charge in [0.2, 0.25) is 5.95 Å². The van der Waals surface area contributed by atoms with Crippen molar-refractivity contribution in [2.45, 2.75) is 13.5 Å². The second-order valence-corrected chi connectivity index (χ2v) is 6.14. The largest absolute Gasteiger partial charge is 0.277 e. The quantitative estimate of drug-likeness (QED) is 0.523. The number of carbonyl (C=O) groups excluding carboxylic acids is 1. The molecule has 2 aromatic carbocycles. The summed E-state index contributed by atoms with van der Waals surface area (Å²) in [6.45, 7) is 2.11. The van der Waals surface area contributed by atoms with Gasteiger partial charge in [-0.15, -0.1) is 0 Å². The van der Waals surface area contributed by atoms with Crippen molar-refractivity contribution in [1.82, 2.24) is 15.0 Å². The third-order valence-electron chi connectivity index (χ3n) is 3.72. The summed E-state index contributed by atoms with van der Waals surface area (Å²) in [7, 11) is 0. The lowest BCUT2D eigenvalue weighted by molar-refractivity contribution is 0.0962. The zero-order valence-electron chi connectivity index (χ0n) is 13.5. The minimum Gasteiger partial charge on any atom is -0.277 e. The highest BCUT2D eigenvalue weighted by Crippen LogP contribution is 2.24. The second-order valence-electron chi connectivity index (χ2n) is 5.33. The molecule has 1 amide bonds. The first kappa shape index (κ1) is 18.2. The lowest BCUT2D eigenvalue weighted by Crippen LogP contribution is -2.34. The number of hydrogen-bond acceptors (Lipinski definition) is 4. The molecule has 0 fully saturated rings. The highest BCUT2D eigenvalue weighted by molar-refractivity contribution is 6.36. The molecule has 26 heavy (non-hydrogen) atoms. The molecule has 0 aliphatic rings. The van der Waals surface area contributed by atoms with E-state index in [4.69, 9.17) is 23.2 Å². The van der Waals surface area contributed by atoms with E-state index in [1.165, 1.54) is 4.57 Å². The fourth-order valence-corrected chi connectivity index (χ4v) is 2.90. The molecule has 3 rings (SSSR count). The van der Waals surface area contributed by atoms with Crippen LogP contribution >= 0.6 is 23.2 Å². The van der Waals surface area contributed by atoms with Crippen molar-refractivity contribution in [2.24, 2.45) is 0 Å². The van der Waals surface area contributed by atoms with E-state index in [1.807, 2.05) is 0 Å². The molecular weight excluding hydrogens is 382 g/mol. The maximum atomic E-state index is 13.6. The lowest BCUT2D eigenvalue weighted by atomic mass is 10.2. The second kappa shape index (κ2) is 7.31. The van der Waals surface area contributed by atoms with E-state index >= 15 is 0 Å². The summed E-state index contributed by atoms with van der Waals surface area (Å²) in [6, 6.07) is 8.94. The Morgan fingerprint density at radius 3 is 2.69 bits per heavy atom. The van der Waals surface area contributed by atoms with Crippen molar-refractivity contribution in [2.75, 3.05) is 5.43 Å². The van der Waals surface area contributed by atoms with Gasteiger partial charge >= 0.3 is 0 Å². The number of carbonyl (C=O) groups is 1. The zero-order chi connectivity index (χ0) is 18.8. The Labute approximate surface area is 157 Å². The minimum absolute atomic E-state index is 0.00458. The van der Waals surface area contributed by atoms with Gasteiger partial charge in [-0.2, -0.15) is 0 Å². The zero-order valence-corrected chi connectivity index (χ0v) is 15.0. The van der Waals surface area contributed by atoms with Crippen LogP contribution < -0.4 is 16.4 Å². The Morgan fingerprint density at radius 2 is 1.96 bits per heavy atom. The van der Waals surface area contributed by atoms with Gasteiger partial charge in [0.15, 0.2) is 0 Å². The standard InChI is InChI=1S/C17H13Cl2FN4O2/c1-2-24-16(26)9-5-3-4-6-14(9)21-17(24)23-22-15(25)10-7-13(20)12(19)8-11(10)18/h3-8H,2H2,1H3,(H,21,23)(H,22,25). The number of rotatable bonds is 4. The normalized spacial score (nSPS) is 10.8. The first-order valence-electron chi connectivity index (χ1n) is 7.63. The van der Waals surface area contributed by atoms with Crippen LogP contribution in [0.3, 0.4) is 0 Å². The van der Waals surface area contributed by atoms with Crippen molar-refractivity contribution in [3.05, 3.63) is 68.2 Å². The first-order valence-corrected chi connectivity index (χ1v) is 8.38. The molecule has 0 radical (unpaired) electrons. The summed E-state index contributed by atoms with van der Waals surface area (Å²) in [6.07, 6.45) is 0. The van der Waals surface area contributed by atoms with E-state index in [1.54, 1.807) is 31.2 Å². The van der Waals surface area contributed by atoms with Crippen LogP contribution in [0, 0.1) is 5.82 Å². The van der Waals surface area contributed by atoms with Crippen LogP contribution in [0.15, 0.2) is 41.2 Å². The van der Waals surface area contributed by atoms with Crippen molar-refractivity contribution in [3.63, 3.8) is 0 Å². The summed E-state index contributed by atoms with van der Waals surface area (Å²) < 4.78 is 14.9. The maximum absolute atomic E-state index is 13.6. The van der Waals surface area contributed by atoms with Crippen LogP contribution in [0.1, 0.15) is 17.3 Å². The number of nitrogens with zero attached hydrogens (tertiary/aromatic N) is 2. The molecule has 134 valence electrons. The topological polar surface area (TPSA) is 76.0 Å².